The van der Waals surface area contributed by atoms with Crippen LogP contribution in [-0.4, -0.2) is 45.3 Å². The zero-order chi connectivity index (χ0) is 26.5. The molecular formula is C26H26N4O5S2. The maximum Gasteiger partial charge on any atom is 0.322 e. The molecule has 2 aromatic carbocycles. The molecule has 4 aromatic rings. The summed E-state index contributed by atoms with van der Waals surface area (Å²) in [6.07, 6.45) is 0.193. The predicted molar refractivity (Wildman–Crippen MR) is 142 cm³/mol. The normalized spacial score (nSPS) is 15.5. The smallest absolute Gasteiger partial charge is 0.322 e. The van der Waals surface area contributed by atoms with Crippen molar-refractivity contribution in [2.45, 2.75) is 51.2 Å². The maximum absolute atomic E-state index is 13.0. The monoisotopic (exact) mass is 538 g/mol. The molecule has 0 radical (unpaired) electrons. The number of carbonyl (C=O) groups excluding carboxylic acids is 1. The molecule has 2 aromatic heterocycles. The molecule has 3 heterocycles. The number of carboxylic acid groups (broad SMARTS) is 1. The van der Waals surface area contributed by atoms with E-state index in [-0.39, 0.29) is 23.8 Å². The quantitative estimate of drug-likeness (QED) is 0.351. The first-order valence-electron chi connectivity index (χ1n) is 11.9. The number of carboxylic acids is 1. The van der Waals surface area contributed by atoms with Gasteiger partial charge < -0.3 is 15.0 Å². The molecule has 1 amide bonds. The number of benzene rings is 2. The van der Waals surface area contributed by atoms with Crippen LogP contribution in [0.1, 0.15) is 41.3 Å². The highest BCUT2D eigenvalue weighted by atomic mass is 32.2. The summed E-state index contributed by atoms with van der Waals surface area (Å²) in [5, 5.41) is 12.3. The van der Waals surface area contributed by atoms with Gasteiger partial charge in [0, 0.05) is 27.5 Å². The van der Waals surface area contributed by atoms with Gasteiger partial charge >= 0.3 is 5.97 Å². The van der Waals surface area contributed by atoms with E-state index in [1.807, 2.05) is 25.1 Å². The fourth-order valence-electron chi connectivity index (χ4n) is 4.73. The minimum Gasteiger partial charge on any atom is -0.480 e. The molecule has 0 fully saturated rings. The van der Waals surface area contributed by atoms with Crippen LogP contribution in [0, 0.1) is 6.92 Å². The predicted octanol–water partition coefficient (Wildman–Crippen LogP) is 4.71. The SMILES string of the molecule is CCC(C(=O)O)N1Cc2sc(-c3ccc(NC(=O)c4ccc5c(c4)nc(C)n5CC)cc3)cc2S1(=O)=O. The van der Waals surface area contributed by atoms with Gasteiger partial charge in [0.05, 0.1) is 22.5 Å². The van der Waals surface area contributed by atoms with Gasteiger partial charge in [0.1, 0.15) is 11.9 Å². The Labute approximate surface area is 218 Å². The van der Waals surface area contributed by atoms with Gasteiger partial charge in [-0.1, -0.05) is 19.1 Å². The number of sulfonamides is 1. The Morgan fingerprint density at radius 2 is 1.86 bits per heavy atom. The molecule has 1 aliphatic heterocycles. The number of nitrogens with zero attached hydrogens (tertiary/aromatic N) is 3. The second-order valence-corrected chi connectivity index (χ2v) is 11.8. The lowest BCUT2D eigenvalue weighted by molar-refractivity contribution is -0.141. The number of fused-ring (bicyclic) bond motifs is 2. The second-order valence-electron chi connectivity index (χ2n) is 8.85. The first-order chi connectivity index (χ1) is 17.6. The Balaban J connectivity index is 1.32. The summed E-state index contributed by atoms with van der Waals surface area (Å²) in [4.78, 5) is 30.5. The van der Waals surface area contributed by atoms with Crippen LogP contribution in [-0.2, 0) is 27.9 Å². The lowest BCUT2D eigenvalue weighted by Gasteiger charge is -2.21. The summed E-state index contributed by atoms with van der Waals surface area (Å²) >= 11 is 1.33. The van der Waals surface area contributed by atoms with Gasteiger partial charge in [0.2, 0.25) is 10.0 Å². The van der Waals surface area contributed by atoms with E-state index in [0.29, 0.717) is 16.1 Å². The van der Waals surface area contributed by atoms with Crippen LogP contribution in [0.5, 0.6) is 0 Å². The molecule has 0 saturated heterocycles. The van der Waals surface area contributed by atoms with Crippen LogP contribution in [0.15, 0.2) is 53.4 Å². The molecule has 192 valence electrons. The highest BCUT2D eigenvalue weighted by Crippen LogP contribution is 2.42. The van der Waals surface area contributed by atoms with Gasteiger partial charge in [-0.25, -0.2) is 13.4 Å². The van der Waals surface area contributed by atoms with E-state index >= 15 is 0 Å². The summed E-state index contributed by atoms with van der Waals surface area (Å²) < 4.78 is 29.1. The molecule has 1 aliphatic rings. The standard InChI is InChI=1S/C26H26N4O5S2/c1-4-20(26(32)33)30-14-23-24(37(30,34)35)13-22(36-23)16-6-9-18(10-7-16)28-25(31)17-8-11-21-19(12-17)27-15(3)29(21)5-2/h6-13,20H,4-5,14H2,1-3H3,(H,28,31)(H,32,33). The van der Waals surface area contributed by atoms with Crippen molar-refractivity contribution in [3.8, 4) is 10.4 Å². The third-order valence-electron chi connectivity index (χ3n) is 6.62. The molecule has 0 aliphatic carbocycles. The molecule has 9 nitrogen and oxygen atoms in total. The van der Waals surface area contributed by atoms with Crippen molar-refractivity contribution in [3.63, 3.8) is 0 Å². The minimum atomic E-state index is -3.86. The van der Waals surface area contributed by atoms with E-state index in [1.165, 1.54) is 11.3 Å². The third-order valence-corrected chi connectivity index (χ3v) is 9.84. The molecule has 1 atom stereocenters. The molecule has 5 rings (SSSR count). The molecule has 11 heteroatoms. The van der Waals surface area contributed by atoms with Gasteiger partial charge in [-0.05, 0) is 62.2 Å². The number of thiophene rings is 1. The summed E-state index contributed by atoms with van der Waals surface area (Å²) in [7, 11) is -3.86. The van der Waals surface area contributed by atoms with Crippen LogP contribution in [0.3, 0.4) is 0 Å². The molecular weight excluding hydrogens is 512 g/mol. The molecule has 0 spiro atoms. The topological polar surface area (TPSA) is 122 Å². The number of imidazole rings is 1. The van der Waals surface area contributed by atoms with Gasteiger partial charge in [-0.2, -0.15) is 4.31 Å². The number of nitrogens with one attached hydrogen (secondary N) is 1. The van der Waals surface area contributed by atoms with Gasteiger partial charge in [0.25, 0.3) is 5.91 Å². The number of carbonyl (C=O) groups is 2. The van der Waals surface area contributed by atoms with Gasteiger partial charge in [-0.15, -0.1) is 11.3 Å². The van der Waals surface area contributed by atoms with E-state index < -0.39 is 22.0 Å². The van der Waals surface area contributed by atoms with Crippen LogP contribution in [0.25, 0.3) is 21.5 Å². The van der Waals surface area contributed by atoms with Crippen molar-refractivity contribution >= 4 is 50.0 Å². The van der Waals surface area contributed by atoms with Crippen molar-refractivity contribution < 1.29 is 23.1 Å². The Morgan fingerprint density at radius 1 is 1.14 bits per heavy atom. The maximum atomic E-state index is 13.0. The van der Waals surface area contributed by atoms with Crippen molar-refractivity contribution in [2.24, 2.45) is 0 Å². The number of hydrogen-bond donors (Lipinski definition) is 2. The first kappa shape index (κ1) is 25.1. The van der Waals surface area contributed by atoms with E-state index in [2.05, 4.69) is 21.8 Å². The number of rotatable bonds is 7. The van der Waals surface area contributed by atoms with Crippen molar-refractivity contribution in [1.82, 2.24) is 13.9 Å². The van der Waals surface area contributed by atoms with Crippen molar-refractivity contribution in [2.75, 3.05) is 5.32 Å². The fraction of sp³-hybridized carbons (Fsp3) is 0.269. The number of aromatic nitrogens is 2. The van der Waals surface area contributed by atoms with Crippen molar-refractivity contribution in [1.29, 1.82) is 0 Å². The van der Waals surface area contributed by atoms with Crippen LogP contribution >= 0.6 is 11.3 Å². The Morgan fingerprint density at radius 3 is 2.49 bits per heavy atom. The molecule has 0 bridgehead atoms. The van der Waals surface area contributed by atoms with Crippen LogP contribution in [0.4, 0.5) is 5.69 Å². The Hall–Kier alpha value is -3.54. The zero-order valence-corrected chi connectivity index (χ0v) is 22.2. The van der Waals surface area contributed by atoms with Gasteiger partial charge in [0.15, 0.2) is 0 Å². The largest absolute Gasteiger partial charge is 0.480 e. The Kier molecular flexibility index (Phi) is 6.38. The highest BCUT2D eigenvalue weighted by Gasteiger charge is 2.43. The average Bonchev–Trinajstić information content (AvgIpc) is 3.50. The number of anilines is 1. The fourth-order valence-corrected chi connectivity index (χ4v) is 8.13. The number of hydrogen-bond acceptors (Lipinski definition) is 6. The number of aryl methyl sites for hydroxylation is 2. The lowest BCUT2D eigenvalue weighted by Crippen LogP contribution is -2.40. The van der Waals surface area contributed by atoms with E-state index in [9.17, 15) is 23.1 Å². The lowest BCUT2D eigenvalue weighted by atomic mass is 10.1. The van der Waals surface area contributed by atoms with Crippen LogP contribution in [0.2, 0.25) is 0 Å². The zero-order valence-electron chi connectivity index (χ0n) is 20.6. The highest BCUT2D eigenvalue weighted by molar-refractivity contribution is 7.89. The molecule has 37 heavy (non-hydrogen) atoms. The minimum absolute atomic E-state index is 0.0572. The molecule has 1 unspecified atom stereocenters. The van der Waals surface area contributed by atoms with E-state index in [0.717, 1.165) is 38.1 Å². The molecule has 2 N–H and O–H groups in total. The molecule has 0 saturated carbocycles. The first-order valence-corrected chi connectivity index (χ1v) is 14.2. The summed E-state index contributed by atoms with van der Waals surface area (Å²) in [6.45, 7) is 6.51. The summed E-state index contributed by atoms with van der Waals surface area (Å²) in [6, 6.07) is 13.2. The van der Waals surface area contributed by atoms with Crippen molar-refractivity contribution in [3.05, 3.63) is 64.8 Å². The number of amides is 1. The summed E-state index contributed by atoms with van der Waals surface area (Å²) in [5.74, 6) is -0.494. The third kappa shape index (κ3) is 4.32. The van der Waals surface area contributed by atoms with E-state index in [1.54, 1.807) is 37.3 Å². The van der Waals surface area contributed by atoms with Crippen LogP contribution < -0.4 is 5.32 Å². The van der Waals surface area contributed by atoms with E-state index in [4.69, 9.17) is 0 Å². The number of aliphatic carboxylic acids is 1. The average molecular weight is 539 g/mol. The Bertz CT molecular complexity index is 1640. The van der Waals surface area contributed by atoms with Gasteiger partial charge in [-0.3, -0.25) is 9.59 Å². The second kappa shape index (κ2) is 9.40. The summed E-state index contributed by atoms with van der Waals surface area (Å²) in [5.41, 5.74) is 3.69.